The van der Waals surface area contributed by atoms with Gasteiger partial charge in [-0.25, -0.2) is 0 Å². The van der Waals surface area contributed by atoms with E-state index >= 15 is 0 Å². The summed E-state index contributed by atoms with van der Waals surface area (Å²) in [7, 11) is 0. The lowest BCUT2D eigenvalue weighted by Gasteiger charge is -2.19. The van der Waals surface area contributed by atoms with Crippen LogP contribution in [0.5, 0.6) is 5.75 Å². The highest BCUT2D eigenvalue weighted by atomic mass is 79.9. The molecule has 1 N–H and O–H groups in total. The molecule has 1 aromatic rings. The number of halogens is 1. The van der Waals surface area contributed by atoms with E-state index in [0.717, 1.165) is 29.2 Å². The van der Waals surface area contributed by atoms with Gasteiger partial charge in [-0.05, 0) is 47.3 Å². The molecule has 0 aromatic heterocycles. The summed E-state index contributed by atoms with van der Waals surface area (Å²) in [5, 5.41) is 3.51. The van der Waals surface area contributed by atoms with Crippen molar-refractivity contribution in [3.8, 4) is 5.75 Å². The molecule has 0 aliphatic heterocycles. The minimum atomic E-state index is 0.263. The molecule has 0 radical (unpaired) electrons. The Hall–Kier alpha value is -0.540. The lowest BCUT2D eigenvalue weighted by atomic mass is 10.2. The quantitative estimate of drug-likeness (QED) is 0.865. The smallest absolute Gasteiger partial charge is 0.133 e. The van der Waals surface area contributed by atoms with Gasteiger partial charge < -0.3 is 10.1 Å². The van der Waals surface area contributed by atoms with E-state index in [9.17, 15) is 0 Å². The number of para-hydroxylation sites is 1. The van der Waals surface area contributed by atoms with Gasteiger partial charge in [0.25, 0.3) is 0 Å². The molecule has 88 valence electrons. The number of benzene rings is 1. The molecule has 1 aliphatic rings. The molecule has 0 amide bonds. The Kier molecular flexibility index (Phi) is 4.24. The maximum absolute atomic E-state index is 5.96. The first kappa shape index (κ1) is 11.9. The van der Waals surface area contributed by atoms with Crippen molar-refractivity contribution in [2.45, 2.75) is 38.3 Å². The van der Waals surface area contributed by atoms with Crippen LogP contribution in [0.1, 0.15) is 26.2 Å². The number of hydrogen-bond acceptors (Lipinski definition) is 2. The van der Waals surface area contributed by atoms with E-state index < -0.39 is 0 Å². The van der Waals surface area contributed by atoms with Gasteiger partial charge in [0, 0.05) is 12.6 Å². The Morgan fingerprint density at radius 3 is 2.81 bits per heavy atom. The third-order valence-electron chi connectivity index (χ3n) is 2.80. The van der Waals surface area contributed by atoms with E-state index in [0.29, 0.717) is 0 Å². The zero-order valence-electron chi connectivity index (χ0n) is 9.58. The molecule has 1 aromatic carbocycles. The molecule has 1 saturated carbocycles. The van der Waals surface area contributed by atoms with Crippen LogP contribution in [0, 0.1) is 0 Å². The lowest BCUT2D eigenvalue weighted by Crippen LogP contribution is -2.32. The van der Waals surface area contributed by atoms with Crippen LogP contribution in [0.25, 0.3) is 0 Å². The van der Waals surface area contributed by atoms with Gasteiger partial charge in [-0.2, -0.15) is 0 Å². The fourth-order valence-corrected chi connectivity index (χ4v) is 1.95. The summed E-state index contributed by atoms with van der Waals surface area (Å²) in [4.78, 5) is 0. The first-order valence-electron chi connectivity index (χ1n) is 5.94. The van der Waals surface area contributed by atoms with Crippen LogP contribution < -0.4 is 10.1 Å². The standard InChI is InChI=1S/C13H18BrNO/c1-2-11(9-15-10-7-8-10)16-13-6-4-3-5-12(13)14/h3-6,10-11,15H,2,7-9H2,1H3. The van der Waals surface area contributed by atoms with Crippen LogP contribution in [-0.4, -0.2) is 18.7 Å². The van der Waals surface area contributed by atoms with E-state index in [1.807, 2.05) is 24.3 Å². The summed E-state index contributed by atoms with van der Waals surface area (Å²) in [6.07, 6.45) is 3.94. The number of nitrogens with one attached hydrogen (secondary N) is 1. The number of rotatable bonds is 6. The van der Waals surface area contributed by atoms with Crippen LogP contribution in [-0.2, 0) is 0 Å². The molecular formula is C13H18BrNO. The molecular weight excluding hydrogens is 266 g/mol. The van der Waals surface area contributed by atoms with Crippen molar-refractivity contribution >= 4 is 15.9 Å². The number of hydrogen-bond donors (Lipinski definition) is 1. The average Bonchev–Trinajstić information content (AvgIpc) is 3.10. The third-order valence-corrected chi connectivity index (χ3v) is 3.45. The first-order chi connectivity index (χ1) is 7.79. The van der Waals surface area contributed by atoms with E-state index in [2.05, 4.69) is 28.2 Å². The molecule has 1 atom stereocenters. The molecule has 0 saturated heterocycles. The normalized spacial score (nSPS) is 17.1. The molecule has 3 heteroatoms. The molecule has 1 unspecified atom stereocenters. The Balaban J connectivity index is 1.87. The van der Waals surface area contributed by atoms with Crippen molar-refractivity contribution < 1.29 is 4.74 Å². The predicted octanol–water partition coefficient (Wildman–Crippen LogP) is 3.36. The van der Waals surface area contributed by atoms with Crippen LogP contribution in [0.4, 0.5) is 0 Å². The van der Waals surface area contributed by atoms with Gasteiger partial charge in [-0.15, -0.1) is 0 Å². The lowest BCUT2D eigenvalue weighted by molar-refractivity contribution is 0.191. The Morgan fingerprint density at radius 2 is 2.19 bits per heavy atom. The van der Waals surface area contributed by atoms with Crippen molar-refractivity contribution in [3.05, 3.63) is 28.7 Å². The molecule has 1 fully saturated rings. The van der Waals surface area contributed by atoms with Crippen LogP contribution >= 0.6 is 15.9 Å². The Labute approximate surface area is 106 Å². The molecule has 1 aliphatic carbocycles. The highest BCUT2D eigenvalue weighted by Gasteiger charge is 2.22. The van der Waals surface area contributed by atoms with Gasteiger partial charge in [0.05, 0.1) is 4.47 Å². The molecule has 2 nitrogen and oxygen atoms in total. The summed E-state index contributed by atoms with van der Waals surface area (Å²) >= 11 is 3.50. The fraction of sp³-hybridized carbons (Fsp3) is 0.538. The minimum absolute atomic E-state index is 0.263. The maximum Gasteiger partial charge on any atom is 0.133 e. The third kappa shape index (κ3) is 3.49. The Morgan fingerprint density at radius 1 is 1.44 bits per heavy atom. The van der Waals surface area contributed by atoms with E-state index in [4.69, 9.17) is 4.74 Å². The van der Waals surface area contributed by atoms with E-state index in [1.54, 1.807) is 0 Å². The largest absolute Gasteiger partial charge is 0.488 e. The van der Waals surface area contributed by atoms with Crippen molar-refractivity contribution in [1.82, 2.24) is 5.32 Å². The van der Waals surface area contributed by atoms with Crippen LogP contribution in [0.3, 0.4) is 0 Å². The summed E-state index contributed by atoms with van der Waals surface area (Å²) in [6, 6.07) is 8.76. The molecule has 0 bridgehead atoms. The monoisotopic (exact) mass is 283 g/mol. The predicted molar refractivity (Wildman–Crippen MR) is 69.9 cm³/mol. The van der Waals surface area contributed by atoms with E-state index in [1.165, 1.54) is 12.8 Å². The molecule has 0 spiro atoms. The van der Waals surface area contributed by atoms with Crippen molar-refractivity contribution in [3.63, 3.8) is 0 Å². The van der Waals surface area contributed by atoms with Gasteiger partial charge in [-0.1, -0.05) is 19.1 Å². The Bertz CT molecular complexity index is 338. The maximum atomic E-state index is 5.96. The van der Waals surface area contributed by atoms with Crippen molar-refractivity contribution in [1.29, 1.82) is 0 Å². The highest BCUT2D eigenvalue weighted by Crippen LogP contribution is 2.25. The minimum Gasteiger partial charge on any atom is -0.488 e. The second-order valence-electron chi connectivity index (χ2n) is 4.26. The first-order valence-corrected chi connectivity index (χ1v) is 6.73. The summed E-state index contributed by atoms with van der Waals surface area (Å²) in [5.74, 6) is 0.937. The second-order valence-corrected chi connectivity index (χ2v) is 5.12. The van der Waals surface area contributed by atoms with Crippen LogP contribution in [0.15, 0.2) is 28.7 Å². The molecule has 0 heterocycles. The summed E-state index contributed by atoms with van der Waals surface area (Å²) in [6.45, 7) is 3.11. The SMILES string of the molecule is CCC(CNC1CC1)Oc1ccccc1Br. The van der Waals surface area contributed by atoms with Crippen molar-refractivity contribution in [2.75, 3.05) is 6.54 Å². The molecule has 16 heavy (non-hydrogen) atoms. The highest BCUT2D eigenvalue weighted by molar-refractivity contribution is 9.10. The van der Waals surface area contributed by atoms with Gasteiger partial charge in [0.1, 0.15) is 11.9 Å². The summed E-state index contributed by atoms with van der Waals surface area (Å²) in [5.41, 5.74) is 0. The zero-order chi connectivity index (χ0) is 11.4. The van der Waals surface area contributed by atoms with Gasteiger partial charge in [0.15, 0.2) is 0 Å². The van der Waals surface area contributed by atoms with Gasteiger partial charge >= 0.3 is 0 Å². The van der Waals surface area contributed by atoms with Gasteiger partial charge in [0.2, 0.25) is 0 Å². The fourth-order valence-electron chi connectivity index (χ4n) is 1.57. The van der Waals surface area contributed by atoms with Gasteiger partial charge in [-0.3, -0.25) is 0 Å². The van der Waals surface area contributed by atoms with Crippen LogP contribution in [0.2, 0.25) is 0 Å². The van der Waals surface area contributed by atoms with E-state index in [-0.39, 0.29) is 6.10 Å². The molecule has 2 rings (SSSR count). The topological polar surface area (TPSA) is 21.3 Å². The number of ether oxygens (including phenoxy) is 1. The zero-order valence-corrected chi connectivity index (χ0v) is 11.2. The van der Waals surface area contributed by atoms with Crippen molar-refractivity contribution in [2.24, 2.45) is 0 Å². The summed E-state index contributed by atoms with van der Waals surface area (Å²) < 4.78 is 6.99. The average molecular weight is 284 g/mol. The second kappa shape index (κ2) is 5.69.